The highest BCUT2D eigenvalue weighted by Crippen LogP contribution is 2.32. The molecule has 0 spiro atoms. The Morgan fingerprint density at radius 3 is 1.86 bits per heavy atom. The summed E-state index contributed by atoms with van der Waals surface area (Å²) in [5.74, 6) is 0.628. The van der Waals surface area contributed by atoms with Gasteiger partial charge in [0.05, 0.1) is 0 Å². The molecule has 0 unspecified atom stereocenters. The zero-order chi connectivity index (χ0) is 10.8. The van der Waals surface area contributed by atoms with Crippen molar-refractivity contribution in [3.05, 3.63) is 29.8 Å². The van der Waals surface area contributed by atoms with E-state index in [0.29, 0.717) is 10.7 Å². The van der Waals surface area contributed by atoms with E-state index >= 15 is 0 Å². The molecule has 0 atom stereocenters. The Bertz CT molecular complexity index is 277. The first-order valence-electron chi connectivity index (χ1n) is 5.17. The number of hydrogen-bond acceptors (Lipinski definition) is 1. The first-order chi connectivity index (χ1) is 6.38. The van der Waals surface area contributed by atoms with Gasteiger partial charge in [-0.05, 0) is 23.6 Å². The van der Waals surface area contributed by atoms with Crippen molar-refractivity contribution in [2.24, 2.45) is 0 Å². The smallest absolute Gasteiger partial charge is 0.0122 e. The van der Waals surface area contributed by atoms with Gasteiger partial charge in [0.2, 0.25) is 0 Å². The Morgan fingerprint density at radius 2 is 1.50 bits per heavy atom. The van der Waals surface area contributed by atoms with Crippen LogP contribution in [-0.4, -0.2) is 4.75 Å². The van der Waals surface area contributed by atoms with Gasteiger partial charge < -0.3 is 0 Å². The summed E-state index contributed by atoms with van der Waals surface area (Å²) in [7, 11) is 0. The van der Waals surface area contributed by atoms with Gasteiger partial charge in [-0.25, -0.2) is 0 Å². The van der Waals surface area contributed by atoms with E-state index in [1.54, 1.807) is 0 Å². The molecule has 0 aromatic heterocycles. The van der Waals surface area contributed by atoms with Crippen molar-refractivity contribution < 1.29 is 0 Å². The van der Waals surface area contributed by atoms with E-state index in [1.165, 1.54) is 10.5 Å². The minimum absolute atomic E-state index is 0.305. The van der Waals surface area contributed by atoms with Crippen molar-refractivity contribution in [1.29, 1.82) is 0 Å². The number of thioether (sulfide) groups is 1. The van der Waals surface area contributed by atoms with E-state index in [-0.39, 0.29) is 0 Å². The van der Waals surface area contributed by atoms with Gasteiger partial charge in [-0.1, -0.05) is 46.8 Å². The highest BCUT2D eigenvalue weighted by atomic mass is 32.2. The predicted octanol–water partition coefficient (Wildman–Crippen LogP) is 4.70. The molecule has 0 fully saturated rings. The molecule has 78 valence electrons. The summed E-state index contributed by atoms with van der Waals surface area (Å²) in [6.07, 6.45) is 0. The SMILES string of the molecule is CC(C)c1ccc(SC(C)(C)C)cc1. The summed E-state index contributed by atoms with van der Waals surface area (Å²) >= 11 is 1.92. The van der Waals surface area contributed by atoms with E-state index in [2.05, 4.69) is 58.9 Å². The summed E-state index contributed by atoms with van der Waals surface area (Å²) in [6.45, 7) is 11.2. The average molecular weight is 208 g/mol. The zero-order valence-corrected chi connectivity index (χ0v) is 10.6. The quantitative estimate of drug-likeness (QED) is 0.635. The van der Waals surface area contributed by atoms with Gasteiger partial charge in [-0.15, -0.1) is 11.8 Å². The van der Waals surface area contributed by atoms with Crippen LogP contribution in [0.3, 0.4) is 0 Å². The maximum Gasteiger partial charge on any atom is 0.0122 e. The van der Waals surface area contributed by atoms with Crippen LogP contribution in [0.25, 0.3) is 0 Å². The molecule has 0 saturated carbocycles. The molecular formula is C13H20S. The molecule has 14 heavy (non-hydrogen) atoms. The van der Waals surface area contributed by atoms with Gasteiger partial charge in [0, 0.05) is 9.64 Å². The van der Waals surface area contributed by atoms with Crippen LogP contribution in [0.15, 0.2) is 29.2 Å². The molecule has 0 aliphatic rings. The van der Waals surface area contributed by atoms with E-state index in [0.717, 1.165) is 0 Å². The van der Waals surface area contributed by atoms with E-state index in [1.807, 2.05) is 11.8 Å². The maximum atomic E-state index is 2.24. The van der Waals surface area contributed by atoms with Crippen molar-refractivity contribution in [3.63, 3.8) is 0 Å². The summed E-state index contributed by atoms with van der Waals surface area (Å²) in [4.78, 5) is 1.36. The second kappa shape index (κ2) is 4.39. The monoisotopic (exact) mass is 208 g/mol. The topological polar surface area (TPSA) is 0 Å². The number of hydrogen-bond donors (Lipinski definition) is 0. The third-order valence-electron chi connectivity index (χ3n) is 1.97. The van der Waals surface area contributed by atoms with Crippen molar-refractivity contribution >= 4 is 11.8 Å². The van der Waals surface area contributed by atoms with E-state index in [9.17, 15) is 0 Å². The summed E-state index contributed by atoms with van der Waals surface area (Å²) in [6, 6.07) is 8.92. The van der Waals surface area contributed by atoms with Gasteiger partial charge in [-0.3, -0.25) is 0 Å². The lowest BCUT2D eigenvalue weighted by Crippen LogP contribution is -2.06. The fourth-order valence-corrected chi connectivity index (χ4v) is 2.25. The lowest BCUT2D eigenvalue weighted by atomic mass is 10.0. The molecule has 0 nitrogen and oxygen atoms in total. The standard InChI is InChI=1S/C13H20S/c1-10(2)11-6-8-12(9-7-11)14-13(3,4)5/h6-10H,1-5H3. The molecule has 1 aromatic rings. The van der Waals surface area contributed by atoms with Crippen LogP contribution in [0.4, 0.5) is 0 Å². The molecule has 0 aliphatic carbocycles. The third kappa shape index (κ3) is 3.75. The van der Waals surface area contributed by atoms with Gasteiger partial charge in [0.25, 0.3) is 0 Å². The molecule has 0 saturated heterocycles. The summed E-state index contributed by atoms with van der Waals surface area (Å²) < 4.78 is 0.305. The number of rotatable bonds is 2. The van der Waals surface area contributed by atoms with Gasteiger partial charge in [0.15, 0.2) is 0 Å². The molecule has 0 bridgehead atoms. The molecule has 0 heterocycles. The third-order valence-corrected chi connectivity index (χ3v) is 3.09. The predicted molar refractivity (Wildman–Crippen MR) is 66.1 cm³/mol. The first kappa shape index (κ1) is 11.6. The Morgan fingerprint density at radius 1 is 1.00 bits per heavy atom. The minimum Gasteiger partial charge on any atom is -0.120 e. The Kier molecular flexibility index (Phi) is 3.65. The van der Waals surface area contributed by atoms with Crippen LogP contribution < -0.4 is 0 Å². The first-order valence-corrected chi connectivity index (χ1v) is 5.99. The minimum atomic E-state index is 0.305. The van der Waals surface area contributed by atoms with Crippen molar-refractivity contribution in [3.8, 4) is 0 Å². The lowest BCUT2D eigenvalue weighted by Gasteiger charge is -2.17. The van der Waals surface area contributed by atoms with E-state index in [4.69, 9.17) is 0 Å². The van der Waals surface area contributed by atoms with Gasteiger partial charge in [0.1, 0.15) is 0 Å². The normalized spacial score (nSPS) is 12.1. The van der Waals surface area contributed by atoms with Gasteiger partial charge >= 0.3 is 0 Å². The van der Waals surface area contributed by atoms with Crippen LogP contribution in [0.5, 0.6) is 0 Å². The molecule has 1 heteroatoms. The average Bonchev–Trinajstić information content (AvgIpc) is 2.02. The van der Waals surface area contributed by atoms with Gasteiger partial charge in [-0.2, -0.15) is 0 Å². The largest absolute Gasteiger partial charge is 0.120 e. The lowest BCUT2D eigenvalue weighted by molar-refractivity contribution is 0.802. The molecule has 1 aromatic carbocycles. The summed E-state index contributed by atoms with van der Waals surface area (Å²) in [5, 5.41) is 0. The van der Waals surface area contributed by atoms with Crippen LogP contribution in [0.2, 0.25) is 0 Å². The van der Waals surface area contributed by atoms with E-state index < -0.39 is 0 Å². The molecule has 0 N–H and O–H groups in total. The Hall–Kier alpha value is -0.430. The Balaban J connectivity index is 2.74. The highest BCUT2D eigenvalue weighted by Gasteiger charge is 2.11. The number of benzene rings is 1. The summed E-state index contributed by atoms with van der Waals surface area (Å²) in [5.41, 5.74) is 1.42. The molecule has 0 radical (unpaired) electrons. The van der Waals surface area contributed by atoms with Crippen molar-refractivity contribution in [2.45, 2.75) is 50.2 Å². The van der Waals surface area contributed by atoms with Crippen LogP contribution in [-0.2, 0) is 0 Å². The molecular weight excluding hydrogens is 188 g/mol. The highest BCUT2D eigenvalue weighted by molar-refractivity contribution is 8.00. The van der Waals surface area contributed by atoms with Crippen molar-refractivity contribution in [1.82, 2.24) is 0 Å². The van der Waals surface area contributed by atoms with Crippen molar-refractivity contribution in [2.75, 3.05) is 0 Å². The van der Waals surface area contributed by atoms with Crippen LogP contribution in [0.1, 0.15) is 46.1 Å². The zero-order valence-electron chi connectivity index (χ0n) is 9.79. The van der Waals surface area contributed by atoms with Crippen LogP contribution in [0, 0.1) is 0 Å². The molecule has 1 rings (SSSR count). The Labute approximate surface area is 92.1 Å². The maximum absolute atomic E-state index is 2.24. The molecule has 0 aliphatic heterocycles. The van der Waals surface area contributed by atoms with Crippen LogP contribution >= 0.6 is 11.8 Å². The fraction of sp³-hybridized carbons (Fsp3) is 0.538. The molecule has 0 amide bonds. The second-order valence-corrected chi connectivity index (χ2v) is 6.84. The fourth-order valence-electron chi connectivity index (χ4n) is 1.27. The second-order valence-electron chi connectivity index (χ2n) is 4.94.